The summed E-state index contributed by atoms with van der Waals surface area (Å²) in [6.07, 6.45) is 0. The minimum atomic E-state index is -2.08. The van der Waals surface area contributed by atoms with Gasteiger partial charge in [-0.05, 0) is 0 Å². The first-order valence-electron chi connectivity index (χ1n) is 5.78. The molecule has 0 heterocycles. The van der Waals surface area contributed by atoms with Gasteiger partial charge in [-0.25, -0.2) is 0 Å². The number of aryl methyl sites for hydroxylation is 4. The molecule has 0 saturated heterocycles. The average molecular weight is 433 g/mol. The van der Waals surface area contributed by atoms with E-state index in [4.69, 9.17) is 7.08 Å². The topological polar surface area (TPSA) is 34.1 Å². The fraction of sp³-hybridized carbons (Fsp3) is 0.250. The molecule has 2 nitrogen and oxygen atoms in total. The normalized spacial score (nSPS) is 8.42. The van der Waals surface area contributed by atoms with Gasteiger partial charge in [-0.3, -0.25) is 0 Å². The average Bonchev–Trinajstić information content (AvgIpc) is 2.38. The number of hydrogen-bond donors (Lipinski definition) is 0. The third-order valence-corrected chi connectivity index (χ3v) is 2.67. The van der Waals surface area contributed by atoms with Crippen LogP contribution in [0.3, 0.4) is 0 Å². The summed E-state index contributed by atoms with van der Waals surface area (Å²) in [6.45, 7) is 8.31. The molecule has 0 bridgehead atoms. The first-order chi connectivity index (χ1) is 9.02. The first kappa shape index (κ1) is 17.7. The van der Waals surface area contributed by atoms with Gasteiger partial charge < -0.3 is 0 Å². The molecule has 0 atom stereocenters. The molecule has 0 saturated carbocycles. The number of rotatable bonds is 0. The zero-order valence-electron chi connectivity index (χ0n) is 11.6. The van der Waals surface area contributed by atoms with Gasteiger partial charge in [-0.2, -0.15) is 70.8 Å². The molecule has 0 aliphatic heterocycles. The number of hydrogen-bond acceptors (Lipinski definition) is 2. The molecule has 102 valence electrons. The van der Waals surface area contributed by atoms with Gasteiger partial charge in [0, 0.05) is 0 Å². The van der Waals surface area contributed by atoms with Crippen LogP contribution in [0.2, 0.25) is 0 Å². The van der Waals surface area contributed by atoms with E-state index in [0.717, 1.165) is 0 Å². The van der Waals surface area contributed by atoms with E-state index < -0.39 is 17.3 Å². The van der Waals surface area contributed by atoms with Crippen molar-refractivity contribution in [3.05, 3.63) is 70.8 Å². The maximum absolute atomic E-state index is 8.51. The zero-order chi connectivity index (χ0) is 14.7. The standard InChI is InChI=1S/2C8H9.2O.Os/c2*1-7-5-3-4-6-8(7)2;;;/h2*3-5H,1-2H3;;;/q2*-1;;;+2. The molecule has 0 aliphatic rings. The van der Waals surface area contributed by atoms with E-state index in [9.17, 15) is 0 Å². The van der Waals surface area contributed by atoms with E-state index in [2.05, 4.69) is 52.0 Å². The van der Waals surface area contributed by atoms with Crippen LogP contribution in [-0.4, -0.2) is 0 Å². The van der Waals surface area contributed by atoms with Crippen LogP contribution in [0, 0.1) is 39.8 Å². The van der Waals surface area contributed by atoms with E-state index in [1.54, 1.807) is 0 Å². The van der Waals surface area contributed by atoms with Crippen LogP contribution in [0.4, 0.5) is 0 Å². The molecule has 0 radical (unpaired) electrons. The molecular formula is C16H18O2Os. The van der Waals surface area contributed by atoms with Crippen LogP contribution in [0.5, 0.6) is 0 Å². The van der Waals surface area contributed by atoms with Crippen LogP contribution < -0.4 is 0 Å². The van der Waals surface area contributed by atoms with E-state index in [0.29, 0.717) is 0 Å². The Morgan fingerprint density at radius 3 is 1.26 bits per heavy atom. The second kappa shape index (κ2) is 10.6. The molecule has 0 unspecified atom stereocenters. The number of benzene rings is 2. The van der Waals surface area contributed by atoms with Crippen molar-refractivity contribution < 1.29 is 24.4 Å². The van der Waals surface area contributed by atoms with Crippen molar-refractivity contribution in [2.45, 2.75) is 27.7 Å². The summed E-state index contributed by atoms with van der Waals surface area (Å²) in [5.74, 6) is 0. The quantitative estimate of drug-likeness (QED) is 0.591. The van der Waals surface area contributed by atoms with Gasteiger partial charge in [0.1, 0.15) is 0 Å². The van der Waals surface area contributed by atoms with Crippen LogP contribution in [-0.2, 0) is 24.4 Å². The van der Waals surface area contributed by atoms with Gasteiger partial charge in [0.05, 0.1) is 0 Å². The van der Waals surface area contributed by atoms with Gasteiger partial charge >= 0.3 is 24.4 Å². The molecule has 3 heteroatoms. The molecule has 0 spiro atoms. The third-order valence-electron chi connectivity index (χ3n) is 2.67. The third kappa shape index (κ3) is 8.40. The van der Waals surface area contributed by atoms with Crippen LogP contribution in [0.15, 0.2) is 36.4 Å². The van der Waals surface area contributed by atoms with Gasteiger partial charge in [0.15, 0.2) is 0 Å². The summed E-state index contributed by atoms with van der Waals surface area (Å²) in [5.41, 5.74) is 5.11. The SMILES string of the molecule is Cc1[c-]cccc1C.Cc1[c-]cccc1C.[O]=[Os+2]=[O]. The Morgan fingerprint density at radius 1 is 0.789 bits per heavy atom. The van der Waals surface area contributed by atoms with Crippen LogP contribution >= 0.6 is 0 Å². The van der Waals surface area contributed by atoms with Gasteiger partial charge in [-0.1, -0.05) is 27.7 Å². The van der Waals surface area contributed by atoms with Crippen LogP contribution in [0.1, 0.15) is 22.3 Å². The van der Waals surface area contributed by atoms with Crippen LogP contribution in [0.25, 0.3) is 0 Å². The van der Waals surface area contributed by atoms with E-state index in [-0.39, 0.29) is 0 Å². The minimum absolute atomic E-state index is 1.24. The van der Waals surface area contributed by atoms with Crippen molar-refractivity contribution in [2.75, 3.05) is 0 Å². The second-order valence-electron chi connectivity index (χ2n) is 4.02. The molecule has 19 heavy (non-hydrogen) atoms. The summed E-state index contributed by atoms with van der Waals surface area (Å²) < 4.78 is 17.0. The summed E-state index contributed by atoms with van der Waals surface area (Å²) in [5, 5.41) is 0. The molecule has 0 aromatic heterocycles. The Kier molecular flexibility index (Phi) is 9.85. The predicted molar refractivity (Wildman–Crippen MR) is 70.9 cm³/mol. The van der Waals surface area contributed by atoms with Gasteiger partial charge in [0.25, 0.3) is 0 Å². The molecule has 0 fully saturated rings. The first-order valence-corrected chi connectivity index (χ1v) is 7.85. The Hall–Kier alpha value is -1.32. The molecule has 0 N–H and O–H groups in total. The Labute approximate surface area is 123 Å². The predicted octanol–water partition coefficient (Wildman–Crippen LogP) is 3.97. The van der Waals surface area contributed by atoms with Gasteiger partial charge in [0.2, 0.25) is 0 Å². The monoisotopic (exact) mass is 434 g/mol. The Bertz CT molecular complexity index is 444. The van der Waals surface area contributed by atoms with Crippen molar-refractivity contribution in [3.63, 3.8) is 0 Å². The van der Waals surface area contributed by atoms with E-state index >= 15 is 0 Å². The molecule has 0 aliphatic carbocycles. The molecule has 2 rings (SSSR count). The molecule has 2 aromatic rings. The fourth-order valence-corrected chi connectivity index (χ4v) is 1.21. The van der Waals surface area contributed by atoms with E-state index in [1.165, 1.54) is 22.3 Å². The van der Waals surface area contributed by atoms with E-state index in [1.807, 2.05) is 24.3 Å². The summed E-state index contributed by atoms with van der Waals surface area (Å²) >= 11 is -2.08. The van der Waals surface area contributed by atoms with Crippen molar-refractivity contribution in [1.82, 2.24) is 0 Å². The van der Waals surface area contributed by atoms with Crippen molar-refractivity contribution >= 4 is 0 Å². The second-order valence-corrected chi connectivity index (χ2v) is 4.44. The molecule has 0 amide bonds. The Morgan fingerprint density at radius 2 is 1.11 bits per heavy atom. The van der Waals surface area contributed by atoms with Gasteiger partial charge in [-0.15, -0.1) is 0 Å². The Balaban J connectivity index is 0.000000284. The zero-order valence-corrected chi connectivity index (χ0v) is 14.2. The maximum atomic E-state index is 8.51. The summed E-state index contributed by atoms with van der Waals surface area (Å²) in [6, 6.07) is 18.2. The fourth-order valence-electron chi connectivity index (χ4n) is 1.21. The van der Waals surface area contributed by atoms with Crippen molar-refractivity contribution in [1.29, 1.82) is 0 Å². The summed E-state index contributed by atoms with van der Waals surface area (Å²) in [4.78, 5) is 0. The molecular weight excluding hydrogens is 414 g/mol. The van der Waals surface area contributed by atoms with Crippen molar-refractivity contribution in [3.8, 4) is 0 Å². The van der Waals surface area contributed by atoms with Crippen molar-refractivity contribution in [2.24, 2.45) is 0 Å². The summed E-state index contributed by atoms with van der Waals surface area (Å²) in [7, 11) is 0. The molecule has 2 aromatic carbocycles.